The first-order valence-corrected chi connectivity index (χ1v) is 10.3. The fourth-order valence-electron chi connectivity index (χ4n) is 3.12. The average Bonchev–Trinajstić information content (AvgIpc) is 3.03. The Labute approximate surface area is 145 Å². The molecule has 0 radical (unpaired) electrons. The number of rotatable bonds is 6. The van der Waals surface area contributed by atoms with Crippen molar-refractivity contribution in [3.05, 3.63) is 35.4 Å². The number of amides is 1. The monoisotopic (exact) mass is 352 g/mol. The van der Waals surface area contributed by atoms with E-state index in [4.69, 9.17) is 0 Å². The summed E-state index contributed by atoms with van der Waals surface area (Å²) in [5.41, 5.74) is 2.23. The predicted octanol–water partition coefficient (Wildman–Crippen LogP) is 2.07. The third kappa shape index (κ3) is 4.36. The maximum atomic E-state index is 12.5. The van der Waals surface area contributed by atoms with Gasteiger partial charge >= 0.3 is 0 Å². The van der Waals surface area contributed by atoms with Crippen LogP contribution in [0.1, 0.15) is 44.7 Å². The van der Waals surface area contributed by atoms with Gasteiger partial charge in [0.25, 0.3) is 0 Å². The van der Waals surface area contributed by atoms with Gasteiger partial charge in [-0.15, -0.1) is 0 Å². The van der Waals surface area contributed by atoms with E-state index >= 15 is 0 Å². The van der Waals surface area contributed by atoms with Crippen LogP contribution in [0.5, 0.6) is 0 Å². The molecule has 1 aromatic rings. The zero-order valence-electron chi connectivity index (χ0n) is 15.0. The SMILES string of the molecule is CCc1ccc(C(C)(C)CNC(=O)C2CCCN2S(C)(=O)=O)cc1. The van der Waals surface area contributed by atoms with Crippen LogP contribution >= 0.6 is 0 Å². The van der Waals surface area contributed by atoms with Crippen molar-refractivity contribution in [1.82, 2.24) is 9.62 Å². The van der Waals surface area contributed by atoms with E-state index in [-0.39, 0.29) is 11.3 Å². The summed E-state index contributed by atoms with van der Waals surface area (Å²) in [6, 6.07) is 7.85. The second kappa shape index (κ2) is 7.23. The van der Waals surface area contributed by atoms with Gasteiger partial charge in [0.05, 0.1) is 6.26 Å². The van der Waals surface area contributed by atoms with Crippen LogP contribution in [0.25, 0.3) is 0 Å². The number of sulfonamides is 1. The normalized spacial score (nSPS) is 19.4. The van der Waals surface area contributed by atoms with E-state index in [1.807, 2.05) is 0 Å². The average molecular weight is 352 g/mol. The van der Waals surface area contributed by atoms with E-state index in [0.29, 0.717) is 19.5 Å². The van der Waals surface area contributed by atoms with Crippen molar-refractivity contribution in [2.75, 3.05) is 19.3 Å². The summed E-state index contributed by atoms with van der Waals surface area (Å²) < 4.78 is 24.9. The van der Waals surface area contributed by atoms with Crippen LogP contribution in [0, 0.1) is 0 Å². The summed E-state index contributed by atoms with van der Waals surface area (Å²) in [6.45, 7) is 7.19. The molecule has 1 aliphatic rings. The van der Waals surface area contributed by atoms with Crippen LogP contribution in [0.15, 0.2) is 24.3 Å². The first kappa shape index (κ1) is 18.9. The van der Waals surface area contributed by atoms with Crippen LogP contribution in [0.3, 0.4) is 0 Å². The minimum absolute atomic E-state index is 0.198. The lowest BCUT2D eigenvalue weighted by atomic mass is 9.84. The van der Waals surface area contributed by atoms with Crippen molar-refractivity contribution in [2.24, 2.45) is 0 Å². The topological polar surface area (TPSA) is 66.5 Å². The molecule has 1 aliphatic heterocycles. The van der Waals surface area contributed by atoms with E-state index in [2.05, 4.69) is 50.4 Å². The molecule has 0 aromatic heterocycles. The molecule has 0 saturated carbocycles. The molecule has 1 amide bonds. The molecule has 0 spiro atoms. The van der Waals surface area contributed by atoms with E-state index in [9.17, 15) is 13.2 Å². The molecule has 1 N–H and O–H groups in total. The molecule has 1 atom stereocenters. The van der Waals surface area contributed by atoms with Gasteiger partial charge in [-0.25, -0.2) is 8.42 Å². The van der Waals surface area contributed by atoms with Crippen LogP contribution in [-0.2, 0) is 26.7 Å². The Morgan fingerprint density at radius 2 is 1.92 bits per heavy atom. The van der Waals surface area contributed by atoms with Gasteiger partial charge in [-0.05, 0) is 30.4 Å². The molecule has 0 aliphatic carbocycles. The van der Waals surface area contributed by atoms with Crippen molar-refractivity contribution in [1.29, 1.82) is 0 Å². The molecular weight excluding hydrogens is 324 g/mol. The second-order valence-corrected chi connectivity index (χ2v) is 9.12. The highest BCUT2D eigenvalue weighted by atomic mass is 32.2. The number of aryl methyl sites for hydroxylation is 1. The van der Waals surface area contributed by atoms with Gasteiger partial charge < -0.3 is 5.32 Å². The number of benzene rings is 1. The van der Waals surface area contributed by atoms with Crippen molar-refractivity contribution >= 4 is 15.9 Å². The molecule has 5 nitrogen and oxygen atoms in total. The Balaban J connectivity index is 2.01. The Hall–Kier alpha value is -1.40. The Morgan fingerprint density at radius 3 is 2.46 bits per heavy atom. The lowest BCUT2D eigenvalue weighted by Crippen LogP contribution is -2.48. The molecule has 1 heterocycles. The Kier molecular flexibility index (Phi) is 5.71. The molecule has 6 heteroatoms. The molecule has 1 fully saturated rings. The molecule has 134 valence electrons. The zero-order valence-corrected chi connectivity index (χ0v) is 15.8. The van der Waals surface area contributed by atoms with E-state index < -0.39 is 16.1 Å². The number of hydrogen-bond acceptors (Lipinski definition) is 3. The van der Waals surface area contributed by atoms with Gasteiger partial charge in [0.15, 0.2) is 0 Å². The second-order valence-electron chi connectivity index (χ2n) is 7.18. The summed E-state index contributed by atoms with van der Waals surface area (Å²) >= 11 is 0. The fourth-order valence-corrected chi connectivity index (χ4v) is 4.24. The molecule has 24 heavy (non-hydrogen) atoms. The van der Waals surface area contributed by atoms with E-state index in [0.717, 1.165) is 24.7 Å². The minimum Gasteiger partial charge on any atom is -0.354 e. The maximum Gasteiger partial charge on any atom is 0.238 e. The maximum absolute atomic E-state index is 12.5. The van der Waals surface area contributed by atoms with Crippen LogP contribution in [0.4, 0.5) is 0 Å². The summed E-state index contributed by atoms with van der Waals surface area (Å²) in [5, 5.41) is 2.95. The number of nitrogens with zero attached hydrogens (tertiary/aromatic N) is 1. The summed E-state index contributed by atoms with van der Waals surface area (Å²) in [5.74, 6) is -0.198. The highest BCUT2D eigenvalue weighted by molar-refractivity contribution is 7.88. The zero-order chi connectivity index (χ0) is 18.0. The van der Waals surface area contributed by atoms with Gasteiger partial charge in [0.1, 0.15) is 6.04 Å². The summed E-state index contributed by atoms with van der Waals surface area (Å²) in [7, 11) is -3.34. The quantitative estimate of drug-likeness (QED) is 0.852. The van der Waals surface area contributed by atoms with Crippen LogP contribution < -0.4 is 5.32 Å². The lowest BCUT2D eigenvalue weighted by molar-refractivity contribution is -0.124. The highest BCUT2D eigenvalue weighted by Crippen LogP contribution is 2.24. The lowest BCUT2D eigenvalue weighted by Gasteiger charge is -2.28. The third-order valence-corrected chi connectivity index (χ3v) is 6.07. The molecule has 1 aromatic carbocycles. The molecule has 1 saturated heterocycles. The van der Waals surface area contributed by atoms with Crippen molar-refractivity contribution in [3.63, 3.8) is 0 Å². The molecule has 2 rings (SSSR count). The van der Waals surface area contributed by atoms with Crippen LogP contribution in [-0.4, -0.2) is 44.0 Å². The van der Waals surface area contributed by atoms with Crippen molar-refractivity contribution < 1.29 is 13.2 Å². The highest BCUT2D eigenvalue weighted by Gasteiger charge is 2.36. The first-order valence-electron chi connectivity index (χ1n) is 8.49. The van der Waals surface area contributed by atoms with Gasteiger partial charge in [-0.1, -0.05) is 45.0 Å². The van der Waals surface area contributed by atoms with Gasteiger partial charge in [-0.3, -0.25) is 4.79 Å². The van der Waals surface area contributed by atoms with Crippen molar-refractivity contribution in [2.45, 2.75) is 51.5 Å². The third-order valence-electron chi connectivity index (χ3n) is 4.78. The Morgan fingerprint density at radius 1 is 1.29 bits per heavy atom. The van der Waals surface area contributed by atoms with Gasteiger partial charge in [0, 0.05) is 18.5 Å². The first-order chi connectivity index (χ1) is 11.1. The number of carbonyl (C=O) groups is 1. The van der Waals surface area contributed by atoms with E-state index in [1.165, 1.54) is 9.87 Å². The van der Waals surface area contributed by atoms with Crippen LogP contribution in [0.2, 0.25) is 0 Å². The fraction of sp³-hybridized carbons (Fsp3) is 0.611. The molecular formula is C18H28N2O3S. The smallest absolute Gasteiger partial charge is 0.238 e. The number of nitrogens with one attached hydrogen (secondary N) is 1. The minimum atomic E-state index is -3.34. The standard InChI is InChI=1S/C18H28N2O3S/c1-5-14-8-10-15(11-9-14)18(2,3)13-19-17(21)16-7-6-12-20(16)24(4,22)23/h8-11,16H,5-7,12-13H2,1-4H3,(H,19,21). The van der Waals surface area contributed by atoms with Crippen molar-refractivity contribution in [3.8, 4) is 0 Å². The Bertz CT molecular complexity index is 681. The number of hydrogen-bond donors (Lipinski definition) is 1. The molecule has 0 bridgehead atoms. The summed E-state index contributed by atoms with van der Waals surface area (Å²) in [6.07, 6.45) is 3.48. The van der Waals surface area contributed by atoms with Gasteiger partial charge in [0.2, 0.25) is 15.9 Å². The number of carbonyl (C=O) groups excluding carboxylic acids is 1. The van der Waals surface area contributed by atoms with E-state index in [1.54, 1.807) is 0 Å². The largest absolute Gasteiger partial charge is 0.354 e. The predicted molar refractivity (Wildman–Crippen MR) is 96.4 cm³/mol. The van der Waals surface area contributed by atoms with Gasteiger partial charge in [-0.2, -0.15) is 4.31 Å². The summed E-state index contributed by atoms with van der Waals surface area (Å²) in [4.78, 5) is 12.5. The molecule has 1 unspecified atom stereocenters.